The molecule has 1 aliphatic rings. The smallest absolute Gasteiger partial charge is 0.234 e. The van der Waals surface area contributed by atoms with Crippen LogP contribution in [0.3, 0.4) is 0 Å². The summed E-state index contributed by atoms with van der Waals surface area (Å²) in [5.74, 6) is 0.741. The van der Waals surface area contributed by atoms with E-state index in [-0.39, 0.29) is 5.54 Å². The summed E-state index contributed by atoms with van der Waals surface area (Å²) in [7, 11) is 0. The van der Waals surface area contributed by atoms with Crippen molar-refractivity contribution in [2.45, 2.75) is 38.1 Å². The van der Waals surface area contributed by atoms with Crippen molar-refractivity contribution in [3.8, 4) is 22.4 Å². The van der Waals surface area contributed by atoms with Gasteiger partial charge in [-0.25, -0.2) is 9.97 Å². The molecule has 5 rings (SSSR count). The average Bonchev–Trinajstić information content (AvgIpc) is 3.14. The maximum Gasteiger partial charge on any atom is 0.234 e. The predicted molar refractivity (Wildman–Crippen MR) is 113 cm³/mol. The minimum Gasteiger partial charge on any atom is -0.321 e. The third kappa shape index (κ3) is 2.81. The van der Waals surface area contributed by atoms with E-state index in [1.165, 1.54) is 12.0 Å². The maximum absolute atomic E-state index is 6.50. The molecule has 0 saturated heterocycles. The summed E-state index contributed by atoms with van der Waals surface area (Å²) < 4.78 is 2.03. The summed E-state index contributed by atoms with van der Waals surface area (Å²) in [5.41, 5.74) is 12.9. The van der Waals surface area contributed by atoms with Crippen molar-refractivity contribution in [1.29, 1.82) is 0 Å². The molecule has 2 N–H and O–H groups in total. The number of aromatic nitrogens is 3. The molecule has 0 aliphatic heterocycles. The number of rotatable bonds is 4. The molecule has 0 bridgehead atoms. The van der Waals surface area contributed by atoms with Gasteiger partial charge in [-0.05, 0) is 36.8 Å². The van der Waals surface area contributed by atoms with Crippen LogP contribution < -0.4 is 5.73 Å². The maximum atomic E-state index is 6.50. The molecular formula is C24H24N4. The van der Waals surface area contributed by atoms with Crippen LogP contribution in [0.2, 0.25) is 0 Å². The van der Waals surface area contributed by atoms with Gasteiger partial charge < -0.3 is 5.73 Å². The zero-order valence-electron chi connectivity index (χ0n) is 16.1. The van der Waals surface area contributed by atoms with Crippen molar-refractivity contribution in [1.82, 2.24) is 14.4 Å². The van der Waals surface area contributed by atoms with E-state index in [9.17, 15) is 0 Å². The fraction of sp³-hybridized carbons (Fsp3) is 0.250. The van der Waals surface area contributed by atoms with Crippen LogP contribution >= 0.6 is 0 Å². The number of hydrogen-bond donors (Lipinski definition) is 1. The summed E-state index contributed by atoms with van der Waals surface area (Å²) in [6.07, 6.45) is 8.46. The lowest BCUT2D eigenvalue weighted by atomic mass is 9.72. The quantitative estimate of drug-likeness (QED) is 0.554. The van der Waals surface area contributed by atoms with Crippen LogP contribution in [0.4, 0.5) is 0 Å². The zero-order valence-corrected chi connectivity index (χ0v) is 16.1. The Balaban J connectivity index is 1.66. The number of hydrogen-bond acceptors (Lipinski definition) is 3. The molecule has 4 heteroatoms. The Labute approximate surface area is 165 Å². The Kier molecular flexibility index (Phi) is 4.02. The van der Waals surface area contributed by atoms with E-state index in [2.05, 4.69) is 72.8 Å². The van der Waals surface area contributed by atoms with Gasteiger partial charge >= 0.3 is 0 Å². The predicted octanol–water partition coefficient (Wildman–Crippen LogP) is 4.96. The minimum absolute atomic E-state index is 0.142. The largest absolute Gasteiger partial charge is 0.321 e. The van der Waals surface area contributed by atoms with Crippen molar-refractivity contribution in [3.63, 3.8) is 0 Å². The molecule has 0 spiro atoms. The molecule has 28 heavy (non-hydrogen) atoms. The number of imidazole rings is 1. The van der Waals surface area contributed by atoms with Crippen LogP contribution in [0, 0.1) is 0 Å². The average molecular weight is 368 g/mol. The number of aryl methyl sites for hydroxylation is 1. The molecule has 2 heterocycles. The van der Waals surface area contributed by atoms with E-state index in [1.54, 1.807) is 0 Å². The van der Waals surface area contributed by atoms with Crippen molar-refractivity contribution >= 4 is 5.78 Å². The van der Waals surface area contributed by atoms with Crippen molar-refractivity contribution in [2.75, 3.05) is 0 Å². The van der Waals surface area contributed by atoms with Crippen molar-refractivity contribution < 1.29 is 0 Å². The van der Waals surface area contributed by atoms with E-state index >= 15 is 0 Å². The number of nitrogens with two attached hydrogens (primary N) is 1. The normalized spacial score (nSPS) is 15.5. The van der Waals surface area contributed by atoms with Crippen molar-refractivity contribution in [2.24, 2.45) is 5.73 Å². The Morgan fingerprint density at radius 3 is 2.32 bits per heavy atom. The molecule has 0 radical (unpaired) electrons. The second-order valence-electron chi connectivity index (χ2n) is 7.75. The second-order valence-corrected chi connectivity index (χ2v) is 7.75. The lowest BCUT2D eigenvalue weighted by Gasteiger charge is -2.38. The molecule has 2 aromatic carbocycles. The van der Waals surface area contributed by atoms with Crippen molar-refractivity contribution in [3.05, 3.63) is 78.2 Å². The third-order valence-electron chi connectivity index (χ3n) is 5.92. The standard InChI is InChI=1S/C24H24N4/c1-2-20-15-28-16-21(17-7-4-3-5-8-17)22(27-23(28)26-20)18-9-11-19(12-10-18)24(25)13-6-14-24/h3-5,7-12,15-16H,2,6,13-14,25H2,1H3. The Morgan fingerprint density at radius 1 is 0.929 bits per heavy atom. The van der Waals surface area contributed by atoms with E-state index in [1.807, 2.05) is 10.5 Å². The van der Waals surface area contributed by atoms with Gasteiger partial charge in [-0.2, -0.15) is 0 Å². The molecule has 1 fully saturated rings. The first-order chi connectivity index (χ1) is 13.7. The highest BCUT2D eigenvalue weighted by Crippen LogP contribution is 2.39. The Hall–Kier alpha value is -2.98. The van der Waals surface area contributed by atoms with Gasteiger partial charge in [-0.1, -0.05) is 61.5 Å². The molecule has 1 saturated carbocycles. The van der Waals surface area contributed by atoms with Crippen LogP contribution in [-0.2, 0) is 12.0 Å². The highest BCUT2D eigenvalue weighted by atomic mass is 15.1. The first-order valence-corrected chi connectivity index (χ1v) is 10.0. The monoisotopic (exact) mass is 368 g/mol. The second kappa shape index (κ2) is 6.57. The van der Waals surface area contributed by atoms with E-state index in [4.69, 9.17) is 10.7 Å². The highest BCUT2D eigenvalue weighted by molar-refractivity contribution is 5.81. The minimum atomic E-state index is -0.142. The van der Waals surface area contributed by atoms with Gasteiger partial charge in [0, 0.05) is 29.1 Å². The summed E-state index contributed by atoms with van der Waals surface area (Å²) in [6, 6.07) is 19.0. The molecule has 0 unspecified atom stereocenters. The molecular weight excluding hydrogens is 344 g/mol. The Bertz CT molecular complexity index is 1120. The summed E-state index contributed by atoms with van der Waals surface area (Å²) in [6.45, 7) is 2.11. The molecule has 4 aromatic rings. The molecule has 0 amide bonds. The fourth-order valence-corrected chi connectivity index (χ4v) is 4.00. The molecule has 140 valence electrons. The topological polar surface area (TPSA) is 56.2 Å². The van der Waals surface area contributed by atoms with E-state index < -0.39 is 0 Å². The Morgan fingerprint density at radius 2 is 1.68 bits per heavy atom. The summed E-state index contributed by atoms with van der Waals surface area (Å²) in [5, 5.41) is 0. The molecule has 1 aliphatic carbocycles. The van der Waals surface area contributed by atoms with Gasteiger partial charge in [-0.15, -0.1) is 0 Å². The molecule has 2 aromatic heterocycles. The van der Waals surface area contributed by atoms with Gasteiger partial charge in [-0.3, -0.25) is 4.40 Å². The van der Waals surface area contributed by atoms with E-state index in [0.717, 1.165) is 53.1 Å². The summed E-state index contributed by atoms with van der Waals surface area (Å²) >= 11 is 0. The fourth-order valence-electron chi connectivity index (χ4n) is 4.00. The van der Waals surface area contributed by atoms with E-state index in [0.29, 0.717) is 0 Å². The number of nitrogens with zero attached hydrogens (tertiary/aromatic N) is 3. The van der Waals surface area contributed by atoms with Gasteiger partial charge in [0.05, 0.1) is 11.4 Å². The van der Waals surface area contributed by atoms with Crippen LogP contribution in [-0.4, -0.2) is 14.4 Å². The first kappa shape index (κ1) is 17.1. The lowest BCUT2D eigenvalue weighted by Crippen LogP contribution is -2.43. The lowest BCUT2D eigenvalue weighted by molar-refractivity contribution is 0.253. The number of benzene rings is 2. The van der Waals surface area contributed by atoms with Crippen LogP contribution in [0.1, 0.15) is 37.4 Å². The number of fused-ring (bicyclic) bond motifs is 1. The van der Waals surface area contributed by atoms with Crippen LogP contribution in [0.15, 0.2) is 67.0 Å². The molecule has 4 nitrogen and oxygen atoms in total. The third-order valence-corrected chi connectivity index (χ3v) is 5.92. The molecule has 0 atom stereocenters. The van der Waals surface area contributed by atoms with Gasteiger partial charge in [0.2, 0.25) is 5.78 Å². The van der Waals surface area contributed by atoms with Gasteiger partial charge in [0.15, 0.2) is 0 Å². The van der Waals surface area contributed by atoms with Gasteiger partial charge in [0.1, 0.15) is 0 Å². The summed E-state index contributed by atoms with van der Waals surface area (Å²) in [4.78, 5) is 9.60. The highest BCUT2D eigenvalue weighted by Gasteiger charge is 2.34. The zero-order chi connectivity index (χ0) is 19.1. The SMILES string of the molecule is CCc1cn2cc(-c3ccccc3)c(-c3ccc(C4(N)CCC4)cc3)nc2n1. The van der Waals surface area contributed by atoms with Gasteiger partial charge in [0.25, 0.3) is 0 Å². The van der Waals surface area contributed by atoms with Crippen LogP contribution in [0.5, 0.6) is 0 Å². The van der Waals surface area contributed by atoms with Crippen LogP contribution in [0.25, 0.3) is 28.2 Å². The first-order valence-electron chi connectivity index (χ1n) is 10.0.